The highest BCUT2D eigenvalue weighted by Gasteiger charge is 2.25. The third-order valence-electron chi connectivity index (χ3n) is 2.99. The van der Waals surface area contributed by atoms with E-state index in [1.807, 2.05) is 11.4 Å². The number of amides is 1. The van der Waals surface area contributed by atoms with E-state index in [-0.39, 0.29) is 12.3 Å². The van der Waals surface area contributed by atoms with Gasteiger partial charge in [0.2, 0.25) is 0 Å². The van der Waals surface area contributed by atoms with Crippen LogP contribution in [0.1, 0.15) is 22.2 Å². The van der Waals surface area contributed by atoms with Crippen molar-refractivity contribution >= 4 is 17.2 Å². The Bertz CT molecular complexity index is 612. The molecule has 0 saturated heterocycles. The fourth-order valence-electron chi connectivity index (χ4n) is 1.81. The third-order valence-corrected chi connectivity index (χ3v) is 4.11. The molecule has 22 heavy (non-hydrogen) atoms. The maximum Gasteiger partial charge on any atom is 0.387 e. The summed E-state index contributed by atoms with van der Waals surface area (Å²) in [6.07, 6.45) is 0. The number of carbonyl (C=O) groups excluding carboxylic acids is 1. The zero-order valence-corrected chi connectivity index (χ0v) is 12.6. The second kappa shape index (κ2) is 6.85. The Kier molecular flexibility index (Phi) is 5.10. The van der Waals surface area contributed by atoms with Crippen LogP contribution in [0.25, 0.3) is 0 Å². The SMILES string of the molecule is CC(O)(CNC(=O)c1ccc(OC(F)F)cc1)c1cccs1. The minimum absolute atomic E-state index is 0.0165. The van der Waals surface area contributed by atoms with Gasteiger partial charge in [0.25, 0.3) is 5.91 Å². The molecule has 118 valence electrons. The molecule has 1 aromatic heterocycles. The van der Waals surface area contributed by atoms with Gasteiger partial charge in [0.05, 0.1) is 6.54 Å². The minimum Gasteiger partial charge on any atom is -0.435 e. The molecule has 0 radical (unpaired) electrons. The summed E-state index contributed by atoms with van der Waals surface area (Å²) in [6, 6.07) is 8.95. The van der Waals surface area contributed by atoms with Crippen LogP contribution < -0.4 is 10.1 Å². The summed E-state index contributed by atoms with van der Waals surface area (Å²) >= 11 is 1.40. The maximum atomic E-state index is 12.0. The van der Waals surface area contributed by atoms with Gasteiger partial charge in [-0.1, -0.05) is 6.07 Å². The predicted molar refractivity (Wildman–Crippen MR) is 79.3 cm³/mol. The van der Waals surface area contributed by atoms with Crippen LogP contribution in [0.15, 0.2) is 41.8 Å². The van der Waals surface area contributed by atoms with Gasteiger partial charge in [0.15, 0.2) is 0 Å². The molecule has 0 aliphatic heterocycles. The highest BCUT2D eigenvalue weighted by atomic mass is 32.1. The summed E-state index contributed by atoms with van der Waals surface area (Å²) in [5.41, 5.74) is -0.869. The zero-order valence-electron chi connectivity index (χ0n) is 11.8. The lowest BCUT2D eigenvalue weighted by molar-refractivity contribution is -0.0498. The summed E-state index contributed by atoms with van der Waals surface area (Å²) in [4.78, 5) is 12.7. The Balaban J connectivity index is 1.95. The first-order chi connectivity index (χ1) is 10.4. The number of hydrogen-bond acceptors (Lipinski definition) is 4. The third kappa shape index (κ3) is 4.25. The van der Waals surface area contributed by atoms with Gasteiger partial charge in [-0.05, 0) is 42.6 Å². The highest BCUT2D eigenvalue weighted by Crippen LogP contribution is 2.24. The molecule has 0 bridgehead atoms. The first-order valence-electron chi connectivity index (χ1n) is 6.48. The van der Waals surface area contributed by atoms with E-state index in [0.717, 1.165) is 4.88 Å². The Morgan fingerprint density at radius 2 is 2.05 bits per heavy atom. The number of ether oxygens (including phenoxy) is 1. The van der Waals surface area contributed by atoms with Gasteiger partial charge in [-0.2, -0.15) is 8.78 Å². The molecule has 0 fully saturated rings. The molecule has 7 heteroatoms. The molecule has 0 aliphatic rings. The van der Waals surface area contributed by atoms with Crippen molar-refractivity contribution in [1.29, 1.82) is 0 Å². The van der Waals surface area contributed by atoms with Crippen LogP contribution in [0.4, 0.5) is 8.78 Å². The number of aliphatic hydroxyl groups is 1. The van der Waals surface area contributed by atoms with Crippen molar-refractivity contribution in [3.63, 3.8) is 0 Å². The van der Waals surface area contributed by atoms with E-state index in [9.17, 15) is 18.7 Å². The molecule has 1 aromatic carbocycles. The molecule has 1 unspecified atom stereocenters. The van der Waals surface area contributed by atoms with Crippen molar-refractivity contribution in [2.24, 2.45) is 0 Å². The predicted octanol–water partition coefficient (Wildman–Crippen LogP) is 2.99. The highest BCUT2D eigenvalue weighted by molar-refractivity contribution is 7.10. The van der Waals surface area contributed by atoms with Crippen LogP contribution in [0.5, 0.6) is 5.75 Å². The average Bonchev–Trinajstić information content (AvgIpc) is 3.00. The number of carbonyl (C=O) groups is 1. The van der Waals surface area contributed by atoms with E-state index >= 15 is 0 Å². The lowest BCUT2D eigenvalue weighted by atomic mass is 10.1. The molecule has 2 rings (SSSR count). The number of nitrogens with one attached hydrogen (secondary N) is 1. The molecular weight excluding hydrogens is 312 g/mol. The molecule has 1 heterocycles. The van der Waals surface area contributed by atoms with Crippen LogP contribution in [-0.2, 0) is 5.60 Å². The largest absolute Gasteiger partial charge is 0.435 e. The van der Waals surface area contributed by atoms with E-state index in [1.165, 1.54) is 35.6 Å². The van der Waals surface area contributed by atoms with Crippen LogP contribution >= 0.6 is 11.3 Å². The summed E-state index contributed by atoms with van der Waals surface area (Å²) in [5, 5.41) is 14.8. The Morgan fingerprint density at radius 1 is 1.36 bits per heavy atom. The first-order valence-corrected chi connectivity index (χ1v) is 7.36. The van der Waals surface area contributed by atoms with Crippen LogP contribution in [0.2, 0.25) is 0 Å². The molecular formula is C15H15F2NO3S. The summed E-state index contributed by atoms with van der Waals surface area (Å²) in [6.45, 7) is -1.25. The fourth-order valence-corrected chi connectivity index (χ4v) is 2.60. The molecule has 1 amide bonds. The molecule has 0 spiro atoms. The van der Waals surface area contributed by atoms with Gasteiger partial charge >= 0.3 is 6.61 Å². The van der Waals surface area contributed by atoms with Crippen molar-refractivity contribution in [1.82, 2.24) is 5.32 Å². The van der Waals surface area contributed by atoms with Gasteiger partial charge in [-0.3, -0.25) is 4.79 Å². The normalized spacial score (nSPS) is 13.7. The molecule has 1 atom stereocenters. The van der Waals surface area contributed by atoms with E-state index in [2.05, 4.69) is 10.1 Å². The Labute approximate surface area is 130 Å². The maximum absolute atomic E-state index is 12.0. The molecule has 0 saturated carbocycles. The molecule has 2 aromatic rings. The Morgan fingerprint density at radius 3 is 2.59 bits per heavy atom. The summed E-state index contributed by atoms with van der Waals surface area (Å²) < 4.78 is 28.3. The van der Waals surface area contributed by atoms with Crippen molar-refractivity contribution in [3.05, 3.63) is 52.2 Å². The van der Waals surface area contributed by atoms with E-state index < -0.39 is 18.1 Å². The minimum atomic E-state index is -2.90. The molecule has 4 nitrogen and oxygen atoms in total. The van der Waals surface area contributed by atoms with E-state index in [1.54, 1.807) is 13.0 Å². The smallest absolute Gasteiger partial charge is 0.387 e. The van der Waals surface area contributed by atoms with Gasteiger partial charge in [-0.15, -0.1) is 11.3 Å². The number of alkyl halides is 2. The molecule has 0 aliphatic carbocycles. The van der Waals surface area contributed by atoms with Crippen molar-refractivity contribution in [2.45, 2.75) is 19.1 Å². The zero-order chi connectivity index (χ0) is 16.2. The second-order valence-electron chi connectivity index (χ2n) is 4.84. The van der Waals surface area contributed by atoms with Gasteiger partial charge < -0.3 is 15.2 Å². The summed E-state index contributed by atoms with van der Waals surface area (Å²) in [5.74, 6) is -0.419. The Hall–Kier alpha value is -1.99. The lowest BCUT2D eigenvalue weighted by Crippen LogP contribution is -2.38. The van der Waals surface area contributed by atoms with Crippen molar-refractivity contribution in [2.75, 3.05) is 6.54 Å². The van der Waals surface area contributed by atoms with Crippen LogP contribution in [-0.4, -0.2) is 24.2 Å². The number of halogens is 2. The average molecular weight is 327 g/mol. The fraction of sp³-hybridized carbons (Fsp3) is 0.267. The van der Waals surface area contributed by atoms with Gasteiger partial charge in [0, 0.05) is 10.4 Å². The van der Waals surface area contributed by atoms with Crippen LogP contribution in [0, 0.1) is 0 Å². The van der Waals surface area contributed by atoms with E-state index in [4.69, 9.17) is 0 Å². The number of rotatable bonds is 6. The topological polar surface area (TPSA) is 58.6 Å². The monoisotopic (exact) mass is 327 g/mol. The molecule has 2 N–H and O–H groups in total. The van der Waals surface area contributed by atoms with Crippen LogP contribution in [0.3, 0.4) is 0 Å². The van der Waals surface area contributed by atoms with E-state index in [0.29, 0.717) is 5.56 Å². The number of hydrogen-bond donors (Lipinski definition) is 2. The quantitative estimate of drug-likeness (QED) is 0.857. The standard InChI is InChI=1S/C15H15F2NO3S/c1-15(20,12-3-2-8-22-12)9-18-13(19)10-4-6-11(7-5-10)21-14(16)17/h2-8,14,20H,9H2,1H3,(H,18,19). The van der Waals surface area contributed by atoms with Crippen molar-refractivity contribution in [3.8, 4) is 5.75 Å². The summed E-state index contributed by atoms with van der Waals surface area (Å²) in [7, 11) is 0. The van der Waals surface area contributed by atoms with Gasteiger partial charge in [0.1, 0.15) is 11.4 Å². The number of benzene rings is 1. The number of thiophene rings is 1. The second-order valence-corrected chi connectivity index (χ2v) is 5.78. The van der Waals surface area contributed by atoms with Gasteiger partial charge in [-0.25, -0.2) is 0 Å². The van der Waals surface area contributed by atoms with Crippen molar-refractivity contribution < 1.29 is 23.4 Å². The first kappa shape index (κ1) is 16.4. The lowest BCUT2D eigenvalue weighted by Gasteiger charge is -2.22.